The summed E-state index contributed by atoms with van der Waals surface area (Å²) in [5.41, 5.74) is 2.69. The number of rotatable bonds is 2. The lowest BCUT2D eigenvalue weighted by molar-refractivity contribution is 0.404. The van der Waals surface area contributed by atoms with Gasteiger partial charge >= 0.3 is 0 Å². The van der Waals surface area contributed by atoms with E-state index in [9.17, 15) is 0 Å². The van der Waals surface area contributed by atoms with Gasteiger partial charge in [-0.15, -0.1) is 12.4 Å². The van der Waals surface area contributed by atoms with E-state index in [0.29, 0.717) is 11.8 Å². The standard InChI is InChI=1S/C17H18ClN.ClH/c18-17-9-5-4-8-15(17)16-12-19-11-10-14(16)13-6-2-1-3-7-13;/h1-9,14,16,19H,10-12H2;1H/t14-,16-;/m1./s1. The van der Waals surface area contributed by atoms with Gasteiger partial charge in [0.1, 0.15) is 0 Å². The SMILES string of the molecule is Cl.Clc1ccccc1[C@@H]1CNCC[C@@H]1c1ccccc1. The topological polar surface area (TPSA) is 12.0 Å². The van der Waals surface area contributed by atoms with Crippen LogP contribution in [0.1, 0.15) is 29.4 Å². The molecule has 0 bridgehead atoms. The highest BCUT2D eigenvalue weighted by atomic mass is 35.5. The Morgan fingerprint density at radius 2 is 1.60 bits per heavy atom. The molecule has 1 fully saturated rings. The number of nitrogens with one attached hydrogen (secondary N) is 1. The highest BCUT2D eigenvalue weighted by Gasteiger charge is 2.28. The molecule has 0 amide bonds. The van der Waals surface area contributed by atoms with Crippen LogP contribution in [0.5, 0.6) is 0 Å². The maximum absolute atomic E-state index is 6.38. The van der Waals surface area contributed by atoms with Crippen LogP contribution in [0, 0.1) is 0 Å². The van der Waals surface area contributed by atoms with E-state index in [0.717, 1.165) is 18.1 Å². The third-order valence-electron chi connectivity index (χ3n) is 4.01. The van der Waals surface area contributed by atoms with E-state index in [1.807, 2.05) is 12.1 Å². The van der Waals surface area contributed by atoms with E-state index in [4.69, 9.17) is 11.6 Å². The van der Waals surface area contributed by atoms with Crippen molar-refractivity contribution in [2.45, 2.75) is 18.3 Å². The first-order chi connectivity index (χ1) is 9.36. The molecule has 0 spiro atoms. The number of hydrogen-bond acceptors (Lipinski definition) is 1. The summed E-state index contributed by atoms with van der Waals surface area (Å²) in [6, 6.07) is 19.0. The van der Waals surface area contributed by atoms with Crippen molar-refractivity contribution in [2.24, 2.45) is 0 Å². The Bertz CT molecular complexity index is 542. The average molecular weight is 308 g/mol. The number of hydrogen-bond donors (Lipinski definition) is 1. The molecule has 2 aromatic carbocycles. The summed E-state index contributed by atoms with van der Waals surface area (Å²) in [5.74, 6) is 1.02. The van der Waals surface area contributed by atoms with Crippen LogP contribution in [0.4, 0.5) is 0 Å². The monoisotopic (exact) mass is 307 g/mol. The first-order valence-electron chi connectivity index (χ1n) is 6.86. The van der Waals surface area contributed by atoms with Crippen LogP contribution < -0.4 is 5.32 Å². The van der Waals surface area contributed by atoms with Crippen molar-refractivity contribution >= 4 is 24.0 Å². The molecular formula is C17H19Cl2N. The van der Waals surface area contributed by atoms with Gasteiger partial charge in [-0.2, -0.15) is 0 Å². The lowest BCUT2D eigenvalue weighted by atomic mass is 9.77. The fourth-order valence-electron chi connectivity index (χ4n) is 3.06. The van der Waals surface area contributed by atoms with Gasteiger partial charge in [-0.05, 0) is 36.1 Å². The van der Waals surface area contributed by atoms with Crippen LogP contribution >= 0.6 is 24.0 Å². The Morgan fingerprint density at radius 3 is 2.35 bits per heavy atom. The van der Waals surface area contributed by atoms with Gasteiger partial charge in [-0.3, -0.25) is 0 Å². The Kier molecular flexibility index (Phi) is 5.47. The fourth-order valence-corrected chi connectivity index (χ4v) is 3.34. The lowest BCUT2D eigenvalue weighted by Crippen LogP contribution is -2.34. The zero-order valence-corrected chi connectivity index (χ0v) is 12.8. The number of benzene rings is 2. The van der Waals surface area contributed by atoms with Crippen molar-refractivity contribution in [3.8, 4) is 0 Å². The number of piperidine rings is 1. The van der Waals surface area contributed by atoms with Gasteiger partial charge in [0.2, 0.25) is 0 Å². The molecule has 1 N–H and O–H groups in total. The molecule has 106 valence electrons. The van der Waals surface area contributed by atoms with Gasteiger partial charge in [-0.1, -0.05) is 60.1 Å². The second-order valence-corrected chi connectivity index (χ2v) is 5.55. The van der Waals surface area contributed by atoms with Gasteiger partial charge < -0.3 is 5.32 Å². The molecule has 20 heavy (non-hydrogen) atoms. The maximum atomic E-state index is 6.38. The van der Waals surface area contributed by atoms with Crippen molar-refractivity contribution in [1.82, 2.24) is 5.32 Å². The molecule has 0 aromatic heterocycles. The molecule has 0 unspecified atom stereocenters. The van der Waals surface area contributed by atoms with E-state index < -0.39 is 0 Å². The van der Waals surface area contributed by atoms with E-state index >= 15 is 0 Å². The van der Waals surface area contributed by atoms with Crippen molar-refractivity contribution < 1.29 is 0 Å². The zero-order chi connectivity index (χ0) is 13.1. The van der Waals surface area contributed by atoms with Crippen molar-refractivity contribution in [2.75, 3.05) is 13.1 Å². The van der Waals surface area contributed by atoms with E-state index in [1.54, 1.807) is 0 Å². The summed E-state index contributed by atoms with van der Waals surface area (Å²) in [5, 5.41) is 4.39. The highest BCUT2D eigenvalue weighted by molar-refractivity contribution is 6.31. The van der Waals surface area contributed by atoms with E-state index in [-0.39, 0.29) is 12.4 Å². The molecule has 0 aliphatic carbocycles. The Balaban J connectivity index is 0.00000147. The van der Waals surface area contributed by atoms with Gasteiger partial charge in [0.25, 0.3) is 0 Å². The summed E-state index contributed by atoms with van der Waals surface area (Å²) < 4.78 is 0. The Labute approximate surface area is 131 Å². The third kappa shape index (κ3) is 3.17. The van der Waals surface area contributed by atoms with Gasteiger partial charge in [0, 0.05) is 17.5 Å². The molecule has 2 atom stereocenters. The third-order valence-corrected chi connectivity index (χ3v) is 4.36. The average Bonchev–Trinajstić information content (AvgIpc) is 2.49. The molecule has 1 aliphatic rings. The van der Waals surface area contributed by atoms with Crippen LogP contribution in [-0.4, -0.2) is 13.1 Å². The zero-order valence-electron chi connectivity index (χ0n) is 11.3. The first kappa shape index (κ1) is 15.4. The smallest absolute Gasteiger partial charge is 0.0441 e. The molecule has 2 aromatic rings. The highest BCUT2D eigenvalue weighted by Crippen LogP contribution is 2.39. The molecule has 0 radical (unpaired) electrons. The molecule has 3 rings (SSSR count). The van der Waals surface area contributed by atoms with Crippen LogP contribution in [0.15, 0.2) is 54.6 Å². The van der Waals surface area contributed by atoms with Crippen LogP contribution in [0.25, 0.3) is 0 Å². The lowest BCUT2D eigenvalue weighted by Gasteiger charge is -2.33. The molecular weight excluding hydrogens is 289 g/mol. The molecule has 1 aliphatic heterocycles. The molecule has 3 heteroatoms. The maximum Gasteiger partial charge on any atom is 0.0441 e. The van der Waals surface area contributed by atoms with Crippen LogP contribution in [-0.2, 0) is 0 Å². The summed E-state index contributed by atoms with van der Waals surface area (Å²) >= 11 is 6.38. The van der Waals surface area contributed by atoms with Gasteiger partial charge in [0.05, 0.1) is 0 Å². The van der Waals surface area contributed by atoms with Crippen molar-refractivity contribution in [3.05, 3.63) is 70.7 Å². The summed E-state index contributed by atoms with van der Waals surface area (Å²) in [7, 11) is 0. The molecule has 1 nitrogen and oxygen atoms in total. The second kappa shape index (κ2) is 7.12. The van der Waals surface area contributed by atoms with Gasteiger partial charge in [-0.25, -0.2) is 0 Å². The van der Waals surface area contributed by atoms with E-state index in [2.05, 4.69) is 47.8 Å². The quantitative estimate of drug-likeness (QED) is 0.853. The minimum absolute atomic E-state index is 0. The Hall–Kier alpha value is -1.02. The fraction of sp³-hybridized carbons (Fsp3) is 0.294. The number of halogens is 2. The minimum Gasteiger partial charge on any atom is -0.316 e. The Morgan fingerprint density at radius 1 is 0.900 bits per heavy atom. The van der Waals surface area contributed by atoms with Gasteiger partial charge in [0.15, 0.2) is 0 Å². The van der Waals surface area contributed by atoms with E-state index in [1.165, 1.54) is 17.5 Å². The predicted octanol–water partition coefficient (Wildman–Crippen LogP) is 4.62. The normalized spacial score (nSPS) is 22.1. The molecule has 0 saturated carbocycles. The molecule has 1 saturated heterocycles. The second-order valence-electron chi connectivity index (χ2n) is 5.14. The molecule has 1 heterocycles. The first-order valence-corrected chi connectivity index (χ1v) is 7.24. The van der Waals surface area contributed by atoms with Crippen molar-refractivity contribution in [3.63, 3.8) is 0 Å². The summed E-state index contributed by atoms with van der Waals surface area (Å²) in [6.45, 7) is 2.09. The van der Waals surface area contributed by atoms with Crippen molar-refractivity contribution in [1.29, 1.82) is 0 Å². The largest absolute Gasteiger partial charge is 0.316 e. The predicted molar refractivity (Wildman–Crippen MR) is 88.1 cm³/mol. The minimum atomic E-state index is 0. The van der Waals surface area contributed by atoms with Crippen LogP contribution in [0.3, 0.4) is 0 Å². The van der Waals surface area contributed by atoms with Crippen LogP contribution in [0.2, 0.25) is 5.02 Å². The summed E-state index contributed by atoms with van der Waals surface area (Å²) in [4.78, 5) is 0. The summed E-state index contributed by atoms with van der Waals surface area (Å²) in [6.07, 6.45) is 1.17.